The molecule has 0 radical (unpaired) electrons. The Morgan fingerprint density at radius 1 is 1.47 bits per heavy atom. The maximum absolute atomic E-state index is 11.7. The first-order valence-electron chi connectivity index (χ1n) is 5.26. The first-order chi connectivity index (χ1) is 8.84. The Morgan fingerprint density at radius 2 is 2.16 bits per heavy atom. The predicted octanol–water partition coefficient (Wildman–Crippen LogP) is 1.82. The van der Waals surface area contributed by atoms with E-state index in [0.717, 1.165) is 0 Å². The Hall–Kier alpha value is -1.78. The molecule has 1 aromatic carbocycles. The van der Waals surface area contributed by atoms with Crippen LogP contribution < -0.4 is 4.72 Å². The van der Waals surface area contributed by atoms with Gasteiger partial charge in [-0.2, -0.15) is 5.26 Å². The Bertz CT molecular complexity index is 622. The SMILES string of the molecule is N#Cc1ccc(NS(=O)(=O)CCCC(=O)O)c(Cl)c1. The smallest absolute Gasteiger partial charge is 0.303 e. The average Bonchev–Trinajstić information content (AvgIpc) is 2.30. The van der Waals surface area contributed by atoms with E-state index < -0.39 is 16.0 Å². The van der Waals surface area contributed by atoms with E-state index in [9.17, 15) is 13.2 Å². The molecule has 0 heterocycles. The molecular formula is C11H11ClN2O4S. The number of aliphatic carboxylic acids is 1. The van der Waals surface area contributed by atoms with Gasteiger partial charge in [0.1, 0.15) is 0 Å². The molecule has 102 valence electrons. The maximum Gasteiger partial charge on any atom is 0.303 e. The molecule has 6 nitrogen and oxygen atoms in total. The van der Waals surface area contributed by atoms with Gasteiger partial charge >= 0.3 is 5.97 Å². The van der Waals surface area contributed by atoms with Gasteiger partial charge in [0.15, 0.2) is 0 Å². The van der Waals surface area contributed by atoms with Gasteiger partial charge in [0, 0.05) is 6.42 Å². The van der Waals surface area contributed by atoms with E-state index in [0.29, 0.717) is 5.56 Å². The molecule has 1 aromatic rings. The summed E-state index contributed by atoms with van der Waals surface area (Å²) in [4.78, 5) is 10.3. The number of benzene rings is 1. The fourth-order valence-electron chi connectivity index (χ4n) is 1.30. The van der Waals surface area contributed by atoms with Crippen molar-refractivity contribution in [3.63, 3.8) is 0 Å². The Kier molecular flexibility index (Phi) is 5.15. The van der Waals surface area contributed by atoms with E-state index in [1.54, 1.807) is 0 Å². The van der Waals surface area contributed by atoms with Crippen LogP contribution in [0.5, 0.6) is 0 Å². The van der Waals surface area contributed by atoms with Crippen LogP contribution in [-0.4, -0.2) is 25.2 Å². The van der Waals surface area contributed by atoms with Crippen LogP contribution in [0.4, 0.5) is 5.69 Å². The van der Waals surface area contributed by atoms with E-state index >= 15 is 0 Å². The molecule has 0 amide bonds. The molecule has 0 bridgehead atoms. The number of hydrogen-bond acceptors (Lipinski definition) is 4. The van der Waals surface area contributed by atoms with Gasteiger partial charge in [0.05, 0.1) is 28.1 Å². The largest absolute Gasteiger partial charge is 0.481 e. The molecule has 1 rings (SSSR count). The molecule has 2 N–H and O–H groups in total. The number of anilines is 1. The van der Waals surface area contributed by atoms with Crippen molar-refractivity contribution in [2.45, 2.75) is 12.8 Å². The molecule has 0 saturated carbocycles. The Labute approximate surface area is 115 Å². The highest BCUT2D eigenvalue weighted by Gasteiger charge is 2.13. The summed E-state index contributed by atoms with van der Waals surface area (Å²) in [5.41, 5.74) is 0.481. The zero-order valence-corrected chi connectivity index (χ0v) is 11.3. The first-order valence-corrected chi connectivity index (χ1v) is 7.29. The number of rotatable bonds is 6. The molecule has 8 heteroatoms. The van der Waals surface area contributed by atoms with Gasteiger partial charge in [-0.3, -0.25) is 9.52 Å². The summed E-state index contributed by atoms with van der Waals surface area (Å²) in [7, 11) is -3.65. The highest BCUT2D eigenvalue weighted by Crippen LogP contribution is 2.23. The van der Waals surface area contributed by atoms with Crippen molar-refractivity contribution in [3.8, 4) is 6.07 Å². The number of nitrogens with zero attached hydrogens (tertiary/aromatic N) is 1. The van der Waals surface area contributed by atoms with E-state index in [1.165, 1.54) is 18.2 Å². The van der Waals surface area contributed by atoms with Crippen LogP contribution in [0, 0.1) is 11.3 Å². The van der Waals surface area contributed by atoms with E-state index in [1.807, 2.05) is 6.07 Å². The van der Waals surface area contributed by atoms with Gasteiger partial charge in [-0.15, -0.1) is 0 Å². The highest BCUT2D eigenvalue weighted by molar-refractivity contribution is 7.92. The molecule has 0 spiro atoms. The van der Waals surface area contributed by atoms with Crippen molar-refractivity contribution in [1.29, 1.82) is 5.26 Å². The number of halogens is 1. The highest BCUT2D eigenvalue weighted by atomic mass is 35.5. The Balaban J connectivity index is 2.73. The van der Waals surface area contributed by atoms with Crippen molar-refractivity contribution in [1.82, 2.24) is 0 Å². The van der Waals surface area contributed by atoms with Gasteiger partial charge in [-0.05, 0) is 24.6 Å². The molecular weight excluding hydrogens is 292 g/mol. The number of carboxylic acids is 1. The molecule has 0 fully saturated rings. The summed E-state index contributed by atoms with van der Waals surface area (Å²) < 4.78 is 25.6. The third-order valence-corrected chi connectivity index (χ3v) is 3.84. The van der Waals surface area contributed by atoms with Crippen molar-refractivity contribution in [2.24, 2.45) is 0 Å². The number of sulfonamides is 1. The number of carbonyl (C=O) groups is 1. The van der Waals surface area contributed by atoms with Crippen molar-refractivity contribution >= 4 is 33.3 Å². The van der Waals surface area contributed by atoms with Crippen LogP contribution in [-0.2, 0) is 14.8 Å². The molecule has 0 aliphatic carbocycles. The van der Waals surface area contributed by atoms with Crippen LogP contribution in [0.1, 0.15) is 18.4 Å². The fourth-order valence-corrected chi connectivity index (χ4v) is 2.72. The molecule has 19 heavy (non-hydrogen) atoms. The van der Waals surface area contributed by atoms with Gasteiger partial charge in [0.25, 0.3) is 0 Å². The zero-order valence-electron chi connectivity index (χ0n) is 9.76. The van der Waals surface area contributed by atoms with Crippen molar-refractivity contribution in [2.75, 3.05) is 10.5 Å². The lowest BCUT2D eigenvalue weighted by molar-refractivity contribution is -0.137. The Morgan fingerprint density at radius 3 is 2.68 bits per heavy atom. The van der Waals surface area contributed by atoms with Crippen LogP contribution in [0.25, 0.3) is 0 Å². The quantitative estimate of drug-likeness (QED) is 0.833. The molecule has 0 aliphatic heterocycles. The van der Waals surface area contributed by atoms with Crippen molar-refractivity contribution in [3.05, 3.63) is 28.8 Å². The monoisotopic (exact) mass is 302 g/mol. The predicted molar refractivity (Wildman–Crippen MR) is 70.4 cm³/mol. The number of nitrogens with one attached hydrogen (secondary N) is 1. The second-order valence-corrected chi connectivity index (χ2v) is 5.97. The minimum Gasteiger partial charge on any atom is -0.481 e. The third kappa shape index (κ3) is 5.16. The second kappa shape index (κ2) is 6.41. The molecule has 0 unspecified atom stereocenters. The molecule has 0 saturated heterocycles. The van der Waals surface area contributed by atoms with Crippen LogP contribution in [0.15, 0.2) is 18.2 Å². The third-order valence-electron chi connectivity index (χ3n) is 2.17. The zero-order chi connectivity index (χ0) is 14.5. The topological polar surface area (TPSA) is 107 Å². The first kappa shape index (κ1) is 15.3. The summed E-state index contributed by atoms with van der Waals surface area (Å²) >= 11 is 5.83. The lowest BCUT2D eigenvalue weighted by atomic mass is 10.2. The van der Waals surface area contributed by atoms with E-state index in [4.69, 9.17) is 22.0 Å². The normalized spacial score (nSPS) is 10.7. The van der Waals surface area contributed by atoms with Gasteiger partial charge in [-0.1, -0.05) is 11.6 Å². The van der Waals surface area contributed by atoms with Gasteiger partial charge in [0.2, 0.25) is 10.0 Å². The number of hydrogen-bond donors (Lipinski definition) is 2. The van der Waals surface area contributed by atoms with Crippen molar-refractivity contribution < 1.29 is 18.3 Å². The van der Waals surface area contributed by atoms with Crippen LogP contribution >= 0.6 is 11.6 Å². The fraction of sp³-hybridized carbons (Fsp3) is 0.273. The summed E-state index contributed by atoms with van der Waals surface area (Å²) in [6, 6.07) is 6.04. The maximum atomic E-state index is 11.7. The summed E-state index contributed by atoms with van der Waals surface area (Å²) in [5, 5.41) is 17.2. The molecule has 0 atom stereocenters. The summed E-state index contributed by atoms with van der Waals surface area (Å²) in [6.07, 6.45) is -0.208. The minimum absolute atomic E-state index is 0.0125. The van der Waals surface area contributed by atoms with E-state index in [-0.39, 0.29) is 29.3 Å². The average molecular weight is 303 g/mol. The van der Waals surface area contributed by atoms with Gasteiger partial charge in [-0.25, -0.2) is 8.42 Å². The minimum atomic E-state index is -3.65. The number of carboxylic acid groups (broad SMARTS) is 1. The number of nitriles is 1. The molecule has 0 aromatic heterocycles. The standard InChI is InChI=1S/C11H11ClN2O4S/c12-9-6-8(7-13)3-4-10(9)14-19(17,18)5-1-2-11(15)16/h3-4,6,14H,1-2,5H2,(H,15,16). The summed E-state index contributed by atoms with van der Waals surface area (Å²) in [6.45, 7) is 0. The van der Waals surface area contributed by atoms with Gasteiger partial charge < -0.3 is 5.11 Å². The van der Waals surface area contributed by atoms with Crippen LogP contribution in [0.2, 0.25) is 5.02 Å². The lowest BCUT2D eigenvalue weighted by Gasteiger charge is -2.09. The second-order valence-electron chi connectivity index (χ2n) is 3.72. The van der Waals surface area contributed by atoms with E-state index in [2.05, 4.69) is 4.72 Å². The van der Waals surface area contributed by atoms with Crippen LogP contribution in [0.3, 0.4) is 0 Å². The molecule has 0 aliphatic rings. The lowest BCUT2D eigenvalue weighted by Crippen LogP contribution is -2.17. The summed E-state index contributed by atoms with van der Waals surface area (Å²) in [5.74, 6) is -1.36.